The Bertz CT molecular complexity index is 641. The Balaban J connectivity index is 2.20. The minimum Gasteiger partial charge on any atom is -0.494 e. The van der Waals surface area contributed by atoms with Crippen LogP contribution in [0.15, 0.2) is 42.5 Å². The average molecular weight is 285 g/mol. The monoisotopic (exact) mass is 285 g/mol. The third-order valence-corrected chi connectivity index (χ3v) is 2.98. The number of nitrogen functional groups attached to an aromatic ring is 1. The van der Waals surface area contributed by atoms with Crippen LogP contribution in [0.2, 0.25) is 0 Å². The summed E-state index contributed by atoms with van der Waals surface area (Å²) in [5.74, 6) is 5.96. The largest absolute Gasteiger partial charge is 0.494 e. The van der Waals surface area contributed by atoms with Crippen molar-refractivity contribution in [1.29, 1.82) is 0 Å². The van der Waals surface area contributed by atoms with Gasteiger partial charge in [0.25, 0.3) is 5.91 Å². The molecule has 2 aromatic carbocycles. The van der Waals surface area contributed by atoms with Gasteiger partial charge in [-0.1, -0.05) is 12.1 Å². The summed E-state index contributed by atoms with van der Waals surface area (Å²) in [7, 11) is 0. The first kappa shape index (κ1) is 14.9. The molecule has 2 rings (SSSR count). The highest BCUT2D eigenvalue weighted by Crippen LogP contribution is 2.21. The number of hydrogen-bond acceptors (Lipinski definition) is 4. The lowest BCUT2D eigenvalue weighted by Crippen LogP contribution is -2.17. The number of ether oxygens (including phenoxy) is 1. The van der Waals surface area contributed by atoms with Crippen LogP contribution >= 0.6 is 0 Å². The van der Waals surface area contributed by atoms with Crippen LogP contribution in [0.3, 0.4) is 0 Å². The van der Waals surface area contributed by atoms with Gasteiger partial charge in [0.2, 0.25) is 0 Å². The van der Waals surface area contributed by atoms with Crippen molar-refractivity contribution >= 4 is 17.3 Å². The second-order valence-corrected chi connectivity index (χ2v) is 4.61. The first-order valence-corrected chi connectivity index (χ1v) is 6.75. The molecule has 0 heterocycles. The molecule has 0 atom stereocenters. The molecule has 4 N–H and O–H groups in total. The smallest absolute Gasteiger partial charge is 0.257 e. The van der Waals surface area contributed by atoms with Crippen molar-refractivity contribution in [2.24, 2.45) is 5.84 Å². The topological polar surface area (TPSA) is 76.4 Å². The zero-order chi connectivity index (χ0) is 15.2. The normalized spacial score (nSPS) is 10.0. The van der Waals surface area contributed by atoms with E-state index in [2.05, 4.69) is 10.7 Å². The zero-order valence-electron chi connectivity index (χ0n) is 12.1. The van der Waals surface area contributed by atoms with Crippen LogP contribution in [0.1, 0.15) is 22.8 Å². The highest BCUT2D eigenvalue weighted by atomic mass is 16.5. The number of rotatable bonds is 5. The summed E-state index contributed by atoms with van der Waals surface area (Å²) >= 11 is 0. The Hall–Kier alpha value is -2.53. The molecule has 21 heavy (non-hydrogen) atoms. The van der Waals surface area contributed by atoms with Gasteiger partial charge in [-0.05, 0) is 43.7 Å². The predicted octanol–water partition coefficient (Wildman–Crippen LogP) is 2.93. The molecule has 0 unspecified atom stereocenters. The molecule has 0 saturated heterocycles. The van der Waals surface area contributed by atoms with E-state index in [-0.39, 0.29) is 5.91 Å². The molecule has 0 saturated carbocycles. The van der Waals surface area contributed by atoms with Crippen LogP contribution < -0.4 is 21.3 Å². The van der Waals surface area contributed by atoms with E-state index >= 15 is 0 Å². The maximum Gasteiger partial charge on any atom is 0.257 e. The number of aryl methyl sites for hydroxylation is 1. The zero-order valence-corrected chi connectivity index (χ0v) is 12.1. The Morgan fingerprint density at radius 2 is 2.05 bits per heavy atom. The molecule has 0 radical (unpaired) electrons. The lowest BCUT2D eigenvalue weighted by atomic mass is 10.1. The van der Waals surface area contributed by atoms with Crippen LogP contribution in [-0.4, -0.2) is 12.5 Å². The van der Waals surface area contributed by atoms with Gasteiger partial charge in [0, 0.05) is 11.8 Å². The third kappa shape index (κ3) is 3.73. The molecule has 0 aliphatic heterocycles. The molecule has 5 heteroatoms. The molecule has 0 aliphatic rings. The first-order valence-electron chi connectivity index (χ1n) is 6.75. The molecule has 0 bridgehead atoms. The van der Waals surface area contributed by atoms with Crippen LogP contribution in [0.4, 0.5) is 11.4 Å². The Morgan fingerprint density at radius 1 is 1.24 bits per heavy atom. The number of benzene rings is 2. The number of amides is 1. The summed E-state index contributed by atoms with van der Waals surface area (Å²) in [5.41, 5.74) is 5.33. The number of carbonyl (C=O) groups is 1. The van der Waals surface area contributed by atoms with E-state index in [9.17, 15) is 4.79 Å². The molecule has 0 fully saturated rings. The molecular formula is C16H19N3O2. The van der Waals surface area contributed by atoms with Crippen molar-refractivity contribution in [2.45, 2.75) is 13.8 Å². The Kier molecular flexibility index (Phi) is 4.79. The summed E-state index contributed by atoms with van der Waals surface area (Å²) in [4.78, 5) is 12.3. The summed E-state index contributed by atoms with van der Waals surface area (Å²) < 4.78 is 5.41. The van der Waals surface area contributed by atoms with Gasteiger partial charge in [0.15, 0.2) is 0 Å². The van der Waals surface area contributed by atoms with Gasteiger partial charge in [-0.2, -0.15) is 0 Å². The summed E-state index contributed by atoms with van der Waals surface area (Å²) in [6.45, 7) is 4.43. The van der Waals surface area contributed by atoms with Crippen LogP contribution in [0, 0.1) is 6.92 Å². The molecule has 0 aromatic heterocycles. The van der Waals surface area contributed by atoms with Gasteiger partial charge in [-0.25, -0.2) is 0 Å². The lowest BCUT2D eigenvalue weighted by molar-refractivity contribution is 0.102. The number of anilines is 2. The summed E-state index contributed by atoms with van der Waals surface area (Å²) in [6, 6.07) is 12.7. The summed E-state index contributed by atoms with van der Waals surface area (Å²) in [6.07, 6.45) is 0. The maximum atomic E-state index is 12.3. The highest BCUT2D eigenvalue weighted by Gasteiger charge is 2.11. The standard InChI is InChI=1S/C16H19N3O2/c1-3-21-13-6-4-5-12(10-13)18-16(20)14-8-7-11(2)9-15(14)19-17/h4-10,19H,3,17H2,1-2H3,(H,18,20). The predicted molar refractivity (Wildman–Crippen MR) is 84.6 cm³/mol. The molecule has 1 amide bonds. The van der Waals surface area contributed by atoms with E-state index in [4.69, 9.17) is 10.6 Å². The minimum absolute atomic E-state index is 0.225. The molecular weight excluding hydrogens is 266 g/mol. The fourth-order valence-electron chi connectivity index (χ4n) is 2.00. The highest BCUT2D eigenvalue weighted by molar-refractivity contribution is 6.08. The Labute approximate surface area is 124 Å². The summed E-state index contributed by atoms with van der Waals surface area (Å²) in [5, 5.41) is 2.84. The van der Waals surface area contributed by atoms with Crippen molar-refractivity contribution in [3.63, 3.8) is 0 Å². The van der Waals surface area contributed by atoms with Gasteiger partial charge in [-0.15, -0.1) is 0 Å². The Morgan fingerprint density at radius 3 is 2.76 bits per heavy atom. The second kappa shape index (κ2) is 6.76. The van der Waals surface area contributed by atoms with E-state index < -0.39 is 0 Å². The average Bonchev–Trinajstić information content (AvgIpc) is 2.47. The number of nitrogens with one attached hydrogen (secondary N) is 2. The molecule has 0 spiro atoms. The number of carbonyl (C=O) groups excluding carboxylic acids is 1. The molecule has 0 aliphatic carbocycles. The SMILES string of the molecule is CCOc1cccc(NC(=O)c2ccc(C)cc2NN)c1. The van der Waals surface area contributed by atoms with Crippen LogP contribution in [-0.2, 0) is 0 Å². The van der Waals surface area contributed by atoms with Gasteiger partial charge in [-0.3, -0.25) is 10.6 Å². The van der Waals surface area contributed by atoms with E-state index in [0.29, 0.717) is 23.5 Å². The second-order valence-electron chi connectivity index (χ2n) is 4.61. The van der Waals surface area contributed by atoms with E-state index in [0.717, 1.165) is 11.3 Å². The lowest BCUT2D eigenvalue weighted by Gasteiger charge is -2.11. The third-order valence-electron chi connectivity index (χ3n) is 2.98. The number of nitrogens with two attached hydrogens (primary N) is 1. The van der Waals surface area contributed by atoms with Crippen molar-refractivity contribution in [3.8, 4) is 5.75 Å². The van der Waals surface area contributed by atoms with Crippen molar-refractivity contribution in [1.82, 2.24) is 0 Å². The van der Waals surface area contributed by atoms with Crippen molar-refractivity contribution in [3.05, 3.63) is 53.6 Å². The first-order chi connectivity index (χ1) is 10.1. The van der Waals surface area contributed by atoms with Gasteiger partial charge in [0.1, 0.15) is 5.75 Å². The minimum atomic E-state index is -0.225. The van der Waals surface area contributed by atoms with Gasteiger partial charge >= 0.3 is 0 Å². The molecule has 2 aromatic rings. The van der Waals surface area contributed by atoms with E-state index in [1.165, 1.54) is 0 Å². The van der Waals surface area contributed by atoms with Gasteiger partial charge < -0.3 is 15.5 Å². The number of hydrogen-bond donors (Lipinski definition) is 3. The van der Waals surface area contributed by atoms with Crippen LogP contribution in [0.5, 0.6) is 5.75 Å². The maximum absolute atomic E-state index is 12.3. The van der Waals surface area contributed by atoms with E-state index in [1.54, 1.807) is 12.1 Å². The molecule has 5 nitrogen and oxygen atoms in total. The number of hydrazine groups is 1. The van der Waals surface area contributed by atoms with Gasteiger partial charge in [0.05, 0.1) is 17.9 Å². The molecule has 110 valence electrons. The quantitative estimate of drug-likeness (QED) is 0.583. The van der Waals surface area contributed by atoms with Crippen LogP contribution in [0.25, 0.3) is 0 Å². The fraction of sp³-hybridized carbons (Fsp3) is 0.188. The fourth-order valence-corrected chi connectivity index (χ4v) is 2.00. The van der Waals surface area contributed by atoms with E-state index in [1.807, 2.05) is 44.2 Å². The van der Waals surface area contributed by atoms with Crippen molar-refractivity contribution in [2.75, 3.05) is 17.3 Å². The van der Waals surface area contributed by atoms with Crippen molar-refractivity contribution < 1.29 is 9.53 Å².